The maximum absolute atomic E-state index is 13.5. The van der Waals surface area contributed by atoms with Gasteiger partial charge in [-0.1, -0.05) is 18.2 Å². The van der Waals surface area contributed by atoms with E-state index in [1.165, 1.54) is 36.8 Å². The third kappa shape index (κ3) is 5.00. The number of benzene rings is 2. The van der Waals surface area contributed by atoms with E-state index in [0.29, 0.717) is 35.8 Å². The summed E-state index contributed by atoms with van der Waals surface area (Å²) >= 11 is 0.979. The van der Waals surface area contributed by atoms with E-state index >= 15 is 0 Å². The predicted molar refractivity (Wildman–Crippen MR) is 132 cm³/mol. The highest BCUT2D eigenvalue weighted by atomic mass is 32.1. The van der Waals surface area contributed by atoms with Crippen LogP contribution in [0.2, 0.25) is 0 Å². The summed E-state index contributed by atoms with van der Waals surface area (Å²) < 4.78 is 29.2. The maximum Gasteiger partial charge on any atom is 0.357 e. The molecule has 1 saturated heterocycles. The van der Waals surface area contributed by atoms with Crippen molar-refractivity contribution in [1.82, 2.24) is 15.2 Å². The van der Waals surface area contributed by atoms with Crippen molar-refractivity contribution in [2.24, 2.45) is 0 Å². The summed E-state index contributed by atoms with van der Waals surface area (Å²) in [5.74, 6) is -1.55. The van der Waals surface area contributed by atoms with E-state index in [2.05, 4.69) is 20.4 Å². The number of urea groups is 1. The number of rotatable bonds is 7. The van der Waals surface area contributed by atoms with E-state index in [4.69, 9.17) is 9.47 Å². The number of ether oxygens (including phenoxy) is 3. The second-order valence-corrected chi connectivity index (χ2v) is 9.22. The normalized spacial score (nSPS) is 17.1. The number of esters is 1. The quantitative estimate of drug-likeness (QED) is 0.345. The first-order valence-corrected chi connectivity index (χ1v) is 12.3. The van der Waals surface area contributed by atoms with E-state index in [9.17, 15) is 23.6 Å². The lowest BCUT2D eigenvalue weighted by Gasteiger charge is -2.24. The number of anilines is 1. The molecule has 4 amide bonds. The van der Waals surface area contributed by atoms with Crippen molar-refractivity contribution >= 4 is 40.3 Å². The van der Waals surface area contributed by atoms with Crippen molar-refractivity contribution in [2.75, 3.05) is 25.6 Å². The van der Waals surface area contributed by atoms with Crippen LogP contribution in [0, 0.1) is 5.82 Å². The van der Waals surface area contributed by atoms with Gasteiger partial charge < -0.3 is 24.8 Å². The Balaban J connectivity index is 1.42. The largest absolute Gasteiger partial charge is 0.486 e. The molecule has 0 saturated carbocycles. The number of thiazole rings is 1. The molecule has 13 heteroatoms. The standard InChI is InChI=1S/C25H21FN4O7S/c1-35-23(33)16-12-38-24(27-16)29-21(31)17(10-13-2-5-15(26)6-3-13)30-22(32)20(28-25(30)34)14-4-7-18-19(11-14)37-9-8-36-18/h2-7,11-12,17,20H,8-10H2,1H3,(H,28,34)(H,27,29,31)/t17-,20+/m0/s1. The van der Waals surface area contributed by atoms with E-state index in [1.54, 1.807) is 18.2 Å². The van der Waals surface area contributed by atoms with Crippen LogP contribution in [-0.4, -0.2) is 60.1 Å². The van der Waals surface area contributed by atoms with Crippen LogP contribution >= 0.6 is 11.3 Å². The summed E-state index contributed by atoms with van der Waals surface area (Å²) in [7, 11) is 1.20. The average molecular weight is 541 g/mol. The van der Waals surface area contributed by atoms with Gasteiger partial charge in [-0.15, -0.1) is 11.3 Å². The lowest BCUT2D eigenvalue weighted by molar-refractivity contribution is -0.134. The fourth-order valence-electron chi connectivity index (χ4n) is 4.12. The molecule has 1 fully saturated rings. The molecule has 196 valence electrons. The Kier molecular flexibility index (Phi) is 6.92. The van der Waals surface area contributed by atoms with Crippen LogP contribution in [0.1, 0.15) is 27.7 Å². The highest BCUT2D eigenvalue weighted by molar-refractivity contribution is 7.14. The Morgan fingerprint density at radius 2 is 1.92 bits per heavy atom. The van der Waals surface area contributed by atoms with Gasteiger partial charge in [0, 0.05) is 11.8 Å². The zero-order valence-electron chi connectivity index (χ0n) is 19.9. The molecule has 2 N–H and O–H groups in total. The summed E-state index contributed by atoms with van der Waals surface area (Å²) in [5.41, 5.74) is 0.972. The number of nitrogens with one attached hydrogen (secondary N) is 2. The number of aromatic nitrogens is 1. The van der Waals surface area contributed by atoms with Crippen LogP contribution in [-0.2, 0) is 20.7 Å². The number of carbonyl (C=O) groups is 4. The molecule has 2 aromatic carbocycles. The van der Waals surface area contributed by atoms with Crippen LogP contribution in [0.15, 0.2) is 47.8 Å². The Morgan fingerprint density at radius 1 is 1.18 bits per heavy atom. The van der Waals surface area contributed by atoms with E-state index in [-0.39, 0.29) is 17.2 Å². The van der Waals surface area contributed by atoms with Gasteiger partial charge in [-0.25, -0.2) is 23.9 Å². The molecule has 2 atom stereocenters. The average Bonchev–Trinajstić information content (AvgIpc) is 3.51. The Morgan fingerprint density at radius 3 is 2.66 bits per heavy atom. The zero-order chi connectivity index (χ0) is 26.8. The van der Waals surface area contributed by atoms with Crippen LogP contribution in [0.3, 0.4) is 0 Å². The molecule has 11 nitrogen and oxygen atoms in total. The van der Waals surface area contributed by atoms with Crippen molar-refractivity contribution in [3.63, 3.8) is 0 Å². The fraction of sp³-hybridized carbons (Fsp3) is 0.240. The van der Waals surface area contributed by atoms with Gasteiger partial charge >= 0.3 is 12.0 Å². The van der Waals surface area contributed by atoms with Crippen molar-refractivity contribution < 1.29 is 37.8 Å². The second kappa shape index (κ2) is 10.5. The summed E-state index contributed by atoms with van der Waals surface area (Å²) in [6.45, 7) is 0.752. The Bertz CT molecular complexity index is 1410. The Labute approximate surface area is 219 Å². The number of halogens is 1. The summed E-state index contributed by atoms with van der Waals surface area (Å²) in [4.78, 5) is 56.6. The lowest BCUT2D eigenvalue weighted by Crippen LogP contribution is -2.49. The molecule has 2 aliphatic heterocycles. The highest BCUT2D eigenvalue weighted by Gasteiger charge is 2.45. The molecular weight excluding hydrogens is 519 g/mol. The number of amides is 4. The molecule has 0 bridgehead atoms. The molecule has 38 heavy (non-hydrogen) atoms. The van der Waals surface area contributed by atoms with Gasteiger partial charge in [0.2, 0.25) is 5.91 Å². The first-order valence-electron chi connectivity index (χ1n) is 11.5. The van der Waals surface area contributed by atoms with Gasteiger partial charge in [0.1, 0.15) is 31.1 Å². The smallest absolute Gasteiger partial charge is 0.357 e. The fourth-order valence-corrected chi connectivity index (χ4v) is 4.80. The number of nitrogens with zero attached hydrogens (tertiary/aromatic N) is 2. The van der Waals surface area contributed by atoms with Crippen LogP contribution < -0.4 is 20.1 Å². The summed E-state index contributed by atoms with van der Waals surface area (Å²) in [6.07, 6.45) is -0.0889. The second-order valence-electron chi connectivity index (χ2n) is 8.36. The first-order chi connectivity index (χ1) is 18.3. The molecule has 1 aromatic heterocycles. The molecule has 0 unspecified atom stereocenters. The van der Waals surface area contributed by atoms with Gasteiger partial charge in [0.15, 0.2) is 22.3 Å². The van der Waals surface area contributed by atoms with Gasteiger partial charge in [-0.2, -0.15) is 0 Å². The zero-order valence-corrected chi connectivity index (χ0v) is 20.7. The molecule has 0 aliphatic carbocycles. The molecule has 3 heterocycles. The minimum atomic E-state index is -1.30. The van der Waals surface area contributed by atoms with Crippen molar-refractivity contribution in [3.05, 3.63) is 70.5 Å². The van der Waals surface area contributed by atoms with Crippen molar-refractivity contribution in [3.8, 4) is 11.5 Å². The molecule has 2 aliphatic rings. The third-order valence-corrected chi connectivity index (χ3v) is 6.71. The highest BCUT2D eigenvalue weighted by Crippen LogP contribution is 2.35. The van der Waals surface area contributed by atoms with Gasteiger partial charge in [0.05, 0.1) is 7.11 Å². The number of carbonyl (C=O) groups excluding carboxylic acids is 4. The number of hydrogen-bond acceptors (Lipinski definition) is 9. The molecule has 0 spiro atoms. The predicted octanol–water partition coefficient (Wildman–Crippen LogP) is 2.68. The van der Waals surface area contributed by atoms with Gasteiger partial charge in [0.25, 0.3) is 5.91 Å². The number of imide groups is 1. The van der Waals surface area contributed by atoms with E-state index in [0.717, 1.165) is 16.2 Å². The minimum absolute atomic E-state index is 0.00320. The van der Waals surface area contributed by atoms with Crippen molar-refractivity contribution in [2.45, 2.75) is 18.5 Å². The van der Waals surface area contributed by atoms with Crippen LogP contribution in [0.5, 0.6) is 11.5 Å². The van der Waals surface area contributed by atoms with Gasteiger partial charge in [-0.05, 0) is 35.4 Å². The third-order valence-electron chi connectivity index (χ3n) is 5.96. The number of fused-ring (bicyclic) bond motifs is 1. The van der Waals surface area contributed by atoms with Crippen LogP contribution in [0.4, 0.5) is 14.3 Å². The first kappa shape index (κ1) is 25.1. The number of methoxy groups -OCH3 is 1. The molecule has 0 radical (unpaired) electrons. The van der Waals surface area contributed by atoms with Crippen LogP contribution in [0.25, 0.3) is 0 Å². The SMILES string of the molecule is COC(=O)c1csc(NC(=O)[C@H](Cc2ccc(F)cc2)N2C(=O)N[C@H](c3ccc4c(c3)OCCO4)C2=O)n1. The summed E-state index contributed by atoms with van der Waals surface area (Å²) in [6, 6.07) is 7.12. The molecular formula is C25H21FN4O7S. The van der Waals surface area contributed by atoms with Crippen molar-refractivity contribution in [1.29, 1.82) is 0 Å². The monoisotopic (exact) mass is 540 g/mol. The summed E-state index contributed by atoms with van der Waals surface area (Å²) in [5, 5.41) is 6.67. The lowest BCUT2D eigenvalue weighted by atomic mass is 10.0. The molecule has 5 rings (SSSR count). The Hall–Kier alpha value is -4.52. The van der Waals surface area contributed by atoms with E-state index < -0.39 is 41.7 Å². The number of hydrogen-bond donors (Lipinski definition) is 2. The molecule has 3 aromatic rings. The maximum atomic E-state index is 13.5. The minimum Gasteiger partial charge on any atom is -0.486 e. The van der Waals surface area contributed by atoms with Gasteiger partial charge in [-0.3, -0.25) is 9.59 Å². The topological polar surface area (TPSA) is 136 Å². The van der Waals surface area contributed by atoms with E-state index in [1.807, 2.05) is 0 Å².